The van der Waals surface area contributed by atoms with E-state index < -0.39 is 26.0 Å². The lowest BCUT2D eigenvalue weighted by Crippen LogP contribution is -2.21. The number of carbonyl (C=O) groups is 1. The summed E-state index contributed by atoms with van der Waals surface area (Å²) in [7, 11) is -8.86. The van der Waals surface area contributed by atoms with Crippen LogP contribution >= 0.6 is 0 Å². The average molecular weight is 721 g/mol. The normalized spacial score (nSPS) is 12.7. The topological polar surface area (TPSA) is 160 Å². The second-order valence-electron chi connectivity index (χ2n) is 11.9. The summed E-state index contributed by atoms with van der Waals surface area (Å²) in [6.45, 7) is 3.61. The minimum atomic E-state index is -4.54. The fraction of sp³-hybridized carbons (Fsp3) is 0.128. The van der Waals surface area contributed by atoms with Gasteiger partial charge in [-0.3, -0.25) is 4.79 Å². The van der Waals surface area contributed by atoms with Gasteiger partial charge < -0.3 is 19.0 Å². The number of aryl methyl sites for hydroxylation is 2. The van der Waals surface area contributed by atoms with Crippen molar-refractivity contribution < 1.29 is 39.9 Å². The van der Waals surface area contributed by atoms with Crippen molar-refractivity contribution in [2.24, 2.45) is 0 Å². The molecule has 51 heavy (non-hydrogen) atoms. The predicted octanol–water partition coefficient (Wildman–Crippen LogP) is 6.86. The highest BCUT2D eigenvalue weighted by atomic mass is 32.2. The number of nitrogens with zero attached hydrogens (tertiary/aromatic N) is 2. The van der Waals surface area contributed by atoms with Crippen molar-refractivity contribution in [3.8, 4) is 17.2 Å². The van der Waals surface area contributed by atoms with E-state index in [1.165, 1.54) is 42.5 Å². The Kier molecular flexibility index (Phi) is 9.75. The number of rotatable bonds is 11. The number of hydrogen-bond donors (Lipinski definition) is 1. The first-order valence-corrected chi connectivity index (χ1v) is 18.8. The highest BCUT2D eigenvalue weighted by Crippen LogP contribution is 2.37. The molecule has 1 aliphatic carbocycles. The van der Waals surface area contributed by atoms with Crippen LogP contribution in [-0.4, -0.2) is 38.2 Å². The molecule has 1 aliphatic rings. The molecule has 0 aromatic heterocycles. The smallest absolute Gasteiger partial charge is 0.362 e. The third-order valence-corrected chi connectivity index (χ3v) is 11.1. The van der Waals surface area contributed by atoms with Crippen LogP contribution in [0.4, 0.5) is 0 Å². The summed E-state index contributed by atoms with van der Waals surface area (Å²) in [6.07, 6.45) is 3.15. The Bertz CT molecular complexity index is 2490. The number of carbonyl (C=O) groups excluding carboxylic acids is 1. The molecule has 0 saturated heterocycles. The molecule has 0 bridgehead atoms. The van der Waals surface area contributed by atoms with Crippen molar-refractivity contribution in [3.63, 3.8) is 0 Å². The largest absolute Gasteiger partial charge is 0.507 e. The van der Waals surface area contributed by atoms with Crippen molar-refractivity contribution in [2.45, 2.75) is 42.9 Å². The molecule has 0 radical (unpaired) electrons. The fourth-order valence-corrected chi connectivity index (χ4v) is 8.18. The van der Waals surface area contributed by atoms with E-state index in [9.17, 15) is 32.3 Å². The maximum absolute atomic E-state index is 14.0. The van der Waals surface area contributed by atoms with Gasteiger partial charge in [-0.2, -0.15) is 21.6 Å². The van der Waals surface area contributed by atoms with E-state index in [4.69, 9.17) is 8.37 Å². The predicted molar refractivity (Wildman–Crippen MR) is 191 cm³/mol. The fourth-order valence-electron chi connectivity index (χ4n) is 5.95. The van der Waals surface area contributed by atoms with Crippen LogP contribution in [0.15, 0.2) is 119 Å². The zero-order valence-electron chi connectivity index (χ0n) is 27.6. The zero-order valence-corrected chi connectivity index (χ0v) is 29.2. The van der Waals surface area contributed by atoms with Crippen LogP contribution < -0.4 is 8.37 Å². The van der Waals surface area contributed by atoms with Gasteiger partial charge >= 0.3 is 25.9 Å². The van der Waals surface area contributed by atoms with E-state index in [2.05, 4.69) is 4.79 Å². The summed E-state index contributed by atoms with van der Waals surface area (Å²) in [5, 5.41) is 10.8. The standard InChI is InChI=1S/C39H32N2O8S2/c1-3-26-12-8-14-29(38(26)49-51(46,47)35-20-10-19-33-32(35)21-22-34(41-40)37(33)43)24-30-16-9-15-28(23-27-13-7-11-25(2)36(27)42)39(30)48-50(44,45)31-17-5-4-6-18-31/h4-22,42H,3,23-24H2,1-2H3. The van der Waals surface area contributed by atoms with E-state index in [0.717, 1.165) is 0 Å². The maximum Gasteiger partial charge on any atom is 0.362 e. The molecule has 12 heteroatoms. The lowest BCUT2D eigenvalue weighted by atomic mass is 9.95. The van der Waals surface area contributed by atoms with Gasteiger partial charge in [-0.05, 0) is 54.3 Å². The lowest BCUT2D eigenvalue weighted by molar-refractivity contribution is -0.00436. The summed E-state index contributed by atoms with van der Waals surface area (Å²) in [5.74, 6) is -0.464. The molecule has 5 aromatic rings. The van der Waals surface area contributed by atoms with Crippen LogP contribution in [0.5, 0.6) is 17.2 Å². The van der Waals surface area contributed by atoms with Gasteiger partial charge in [0.1, 0.15) is 27.0 Å². The number of fused-ring (bicyclic) bond motifs is 1. The van der Waals surface area contributed by atoms with Gasteiger partial charge in [0, 0.05) is 46.7 Å². The van der Waals surface area contributed by atoms with Crippen LogP contribution in [0.2, 0.25) is 0 Å². The molecule has 0 unspecified atom stereocenters. The average Bonchev–Trinajstić information content (AvgIpc) is 3.12. The molecule has 0 atom stereocenters. The van der Waals surface area contributed by atoms with E-state index in [1.54, 1.807) is 79.7 Å². The van der Waals surface area contributed by atoms with Crippen molar-refractivity contribution in [3.05, 3.63) is 159 Å². The van der Waals surface area contributed by atoms with E-state index in [-0.39, 0.29) is 56.7 Å². The summed E-state index contributed by atoms with van der Waals surface area (Å²) in [6, 6.07) is 27.5. The number of para-hydroxylation sites is 3. The number of hydrogen-bond acceptors (Lipinski definition) is 8. The first-order chi connectivity index (χ1) is 24.4. The molecule has 0 aliphatic heterocycles. The Morgan fingerprint density at radius 3 is 1.86 bits per heavy atom. The minimum absolute atomic E-state index is 0.00753. The third-order valence-electron chi connectivity index (χ3n) is 8.57. The molecule has 1 N–H and O–H groups in total. The van der Waals surface area contributed by atoms with Gasteiger partial charge in [-0.25, -0.2) is 0 Å². The quantitative estimate of drug-likeness (QED) is 0.0880. The Balaban J connectivity index is 1.44. The molecule has 0 spiro atoms. The summed E-state index contributed by atoms with van der Waals surface area (Å²) in [4.78, 5) is 15.5. The monoisotopic (exact) mass is 720 g/mol. The number of benzene rings is 5. The molecule has 0 amide bonds. The number of phenols is 1. The molecule has 10 nitrogen and oxygen atoms in total. The second-order valence-corrected chi connectivity index (χ2v) is 14.9. The summed E-state index contributed by atoms with van der Waals surface area (Å²) < 4.78 is 66.9. The number of phenolic OH excluding ortho intramolecular Hbond substituents is 1. The molecule has 0 saturated carbocycles. The van der Waals surface area contributed by atoms with Gasteiger partial charge in [0.2, 0.25) is 0 Å². The number of aromatic hydroxyl groups is 1. The number of Topliss-reactive ketones (excluding diaryl/α,β-unsaturated/α-hetero) is 1. The van der Waals surface area contributed by atoms with Crippen molar-refractivity contribution in [2.75, 3.05) is 0 Å². The van der Waals surface area contributed by atoms with Gasteiger partial charge in [0.05, 0.1) is 0 Å². The molecular formula is C39H32N2O8S2. The SMILES string of the molecule is CCc1cccc(Cc2cccc(Cc3cccc(C)c3O)c2OS(=O)(=O)c2ccccc2)c1OS(=O)(=O)c1cccc2c1C=CC(=[N+]=[N-])C2=O. The van der Waals surface area contributed by atoms with Crippen LogP contribution in [0.3, 0.4) is 0 Å². The minimum Gasteiger partial charge on any atom is -0.507 e. The maximum atomic E-state index is 14.0. The molecular weight excluding hydrogens is 689 g/mol. The second kappa shape index (κ2) is 14.2. The Morgan fingerprint density at radius 1 is 0.667 bits per heavy atom. The Hall–Kier alpha value is -5.81. The van der Waals surface area contributed by atoms with E-state index in [1.807, 2.05) is 6.92 Å². The van der Waals surface area contributed by atoms with Crippen molar-refractivity contribution in [1.82, 2.24) is 0 Å². The zero-order chi connectivity index (χ0) is 36.3. The third kappa shape index (κ3) is 7.11. The van der Waals surface area contributed by atoms with E-state index >= 15 is 0 Å². The highest BCUT2D eigenvalue weighted by molar-refractivity contribution is 7.87. The molecule has 5 aromatic carbocycles. The molecule has 0 fully saturated rings. The van der Waals surface area contributed by atoms with Crippen LogP contribution in [0.1, 0.15) is 56.2 Å². The molecule has 258 valence electrons. The van der Waals surface area contributed by atoms with Gasteiger partial charge in [-0.15, -0.1) is 0 Å². The van der Waals surface area contributed by atoms with Crippen LogP contribution in [0.25, 0.3) is 11.6 Å². The molecule has 6 rings (SSSR count). The van der Waals surface area contributed by atoms with Crippen molar-refractivity contribution >= 4 is 37.8 Å². The molecule has 0 heterocycles. The van der Waals surface area contributed by atoms with Gasteiger partial charge in [-0.1, -0.05) is 91.9 Å². The number of ketones is 1. The summed E-state index contributed by atoms with van der Waals surface area (Å²) >= 11 is 0. The first kappa shape index (κ1) is 35.0. The summed E-state index contributed by atoms with van der Waals surface area (Å²) in [5.41, 5.74) is 12.2. The number of allylic oxidation sites excluding steroid dienone is 1. The lowest BCUT2D eigenvalue weighted by Gasteiger charge is -2.19. The first-order valence-electron chi connectivity index (χ1n) is 15.9. The highest BCUT2D eigenvalue weighted by Gasteiger charge is 2.32. The van der Waals surface area contributed by atoms with Gasteiger partial charge in [0.25, 0.3) is 5.78 Å². The van der Waals surface area contributed by atoms with E-state index in [0.29, 0.717) is 39.8 Å². The van der Waals surface area contributed by atoms with Crippen LogP contribution in [0, 0.1) is 6.92 Å². The van der Waals surface area contributed by atoms with Gasteiger partial charge in [0.15, 0.2) is 0 Å². The Labute approximate surface area is 296 Å². The van der Waals surface area contributed by atoms with Crippen molar-refractivity contribution in [1.29, 1.82) is 0 Å². The Morgan fingerprint density at radius 2 is 1.22 bits per heavy atom. The van der Waals surface area contributed by atoms with Crippen LogP contribution in [-0.2, 0) is 39.5 Å².